The molecule has 5 rings (SSSR count). The van der Waals surface area contributed by atoms with Crippen molar-refractivity contribution in [2.24, 2.45) is 0 Å². The van der Waals surface area contributed by atoms with E-state index in [1.165, 1.54) is 5.56 Å². The first-order chi connectivity index (χ1) is 22.2. The molecule has 11 nitrogen and oxygen atoms in total. The van der Waals surface area contributed by atoms with Crippen molar-refractivity contribution < 1.29 is 23.5 Å². The van der Waals surface area contributed by atoms with Gasteiger partial charge in [-0.15, -0.1) is 0 Å². The maximum Gasteiger partial charge on any atom is 0.512 e. The number of anilines is 2. The van der Waals surface area contributed by atoms with Crippen LogP contribution in [0.25, 0.3) is 0 Å². The molecule has 4 N–H and O–H groups in total. The van der Waals surface area contributed by atoms with Crippen molar-refractivity contribution in [2.45, 2.75) is 58.6 Å². The molecule has 2 unspecified atom stereocenters. The van der Waals surface area contributed by atoms with E-state index >= 15 is 0 Å². The van der Waals surface area contributed by atoms with Gasteiger partial charge in [0, 0.05) is 61.6 Å². The van der Waals surface area contributed by atoms with Crippen LogP contribution in [-0.4, -0.2) is 85.3 Å². The van der Waals surface area contributed by atoms with Crippen molar-refractivity contribution in [3.8, 4) is 0 Å². The molecule has 0 bridgehead atoms. The van der Waals surface area contributed by atoms with Gasteiger partial charge in [-0.1, -0.05) is 31.2 Å². The molecule has 2 saturated heterocycles. The normalized spacial score (nSPS) is 20.3. The fraction of sp³-hybridized carbons (Fsp3) is 0.457. The minimum atomic E-state index is -0.593. The van der Waals surface area contributed by atoms with Gasteiger partial charge in [0.1, 0.15) is 12.4 Å². The minimum Gasteiger partial charge on any atom is -0.431 e. The smallest absolute Gasteiger partial charge is 0.431 e. The average molecular weight is 631 g/mol. The van der Waals surface area contributed by atoms with Crippen molar-refractivity contribution in [3.63, 3.8) is 0 Å². The fourth-order valence-corrected chi connectivity index (χ4v) is 5.65. The van der Waals surface area contributed by atoms with Crippen LogP contribution in [0.4, 0.5) is 16.2 Å². The van der Waals surface area contributed by atoms with E-state index in [9.17, 15) is 9.59 Å². The lowest BCUT2D eigenvalue weighted by Gasteiger charge is -2.41. The molecule has 1 aromatic heterocycles. The summed E-state index contributed by atoms with van der Waals surface area (Å²) in [6, 6.07) is 18.0. The molecule has 3 atom stereocenters. The summed E-state index contributed by atoms with van der Waals surface area (Å²) in [5.74, 6) is -0.148. The van der Waals surface area contributed by atoms with Gasteiger partial charge in [-0.3, -0.25) is 29.8 Å². The largest absolute Gasteiger partial charge is 0.512 e. The van der Waals surface area contributed by atoms with Crippen LogP contribution in [0.5, 0.6) is 0 Å². The van der Waals surface area contributed by atoms with Gasteiger partial charge in [0.2, 0.25) is 6.73 Å². The van der Waals surface area contributed by atoms with Gasteiger partial charge in [0.05, 0.1) is 20.1 Å². The second kappa shape index (κ2) is 15.5. The van der Waals surface area contributed by atoms with Crippen molar-refractivity contribution in [1.82, 2.24) is 20.5 Å². The molecule has 11 heteroatoms. The monoisotopic (exact) mass is 630 g/mol. The van der Waals surface area contributed by atoms with Crippen LogP contribution in [-0.2, 0) is 16.0 Å². The first-order valence-electron chi connectivity index (χ1n) is 16.3. The number of likely N-dealkylation sites (N-methyl/N-ethyl adjacent to an activating group) is 1. The number of nitrogens with one attached hydrogen (secondary N) is 4. The number of carbonyl (C=O) groups excluding carboxylic acids is 2. The molecule has 3 aromatic rings. The van der Waals surface area contributed by atoms with Gasteiger partial charge >= 0.3 is 6.16 Å². The van der Waals surface area contributed by atoms with Crippen molar-refractivity contribution in [3.05, 3.63) is 89.2 Å². The molecule has 246 valence electrons. The number of aromatic nitrogens is 1. The highest BCUT2D eigenvalue weighted by molar-refractivity contribution is 6.04. The van der Waals surface area contributed by atoms with E-state index in [0.717, 1.165) is 74.6 Å². The van der Waals surface area contributed by atoms with Gasteiger partial charge in [0.15, 0.2) is 0 Å². The number of carbonyl (C=O) groups is 2. The average Bonchev–Trinajstić information content (AvgIpc) is 3.07. The Morgan fingerprint density at radius 3 is 2.63 bits per heavy atom. The predicted molar refractivity (Wildman–Crippen MR) is 179 cm³/mol. The lowest BCUT2D eigenvalue weighted by molar-refractivity contribution is -0.929. The van der Waals surface area contributed by atoms with Crippen molar-refractivity contribution in [2.75, 3.05) is 57.1 Å². The maximum absolute atomic E-state index is 13.1. The Labute approximate surface area is 272 Å². The molecule has 2 aliphatic heterocycles. The summed E-state index contributed by atoms with van der Waals surface area (Å²) in [5.41, 5.74) is 5.69. The Kier molecular flexibility index (Phi) is 11.2. The van der Waals surface area contributed by atoms with E-state index in [1.54, 1.807) is 6.20 Å². The highest BCUT2D eigenvalue weighted by Gasteiger charge is 2.30. The van der Waals surface area contributed by atoms with Gasteiger partial charge in [-0.2, -0.15) is 0 Å². The van der Waals surface area contributed by atoms with Gasteiger partial charge < -0.3 is 20.1 Å². The molecule has 2 fully saturated rings. The number of piperazine rings is 1. The summed E-state index contributed by atoms with van der Waals surface area (Å²) < 4.78 is 11.3. The van der Waals surface area contributed by atoms with Crippen LogP contribution in [0.3, 0.4) is 0 Å². The summed E-state index contributed by atoms with van der Waals surface area (Å²) >= 11 is 0. The molecule has 0 spiro atoms. The van der Waals surface area contributed by atoms with Crippen molar-refractivity contribution >= 4 is 23.4 Å². The van der Waals surface area contributed by atoms with Gasteiger partial charge in [-0.25, -0.2) is 4.79 Å². The van der Waals surface area contributed by atoms with Crippen LogP contribution in [0.1, 0.15) is 59.8 Å². The quantitative estimate of drug-likeness (QED) is 0.175. The number of nitrogens with zero attached hydrogens (tertiary/aromatic N) is 3. The molecule has 0 aliphatic carbocycles. The zero-order chi connectivity index (χ0) is 32.5. The molecule has 1 amide bonds. The zero-order valence-electron chi connectivity index (χ0n) is 27.4. The summed E-state index contributed by atoms with van der Waals surface area (Å²) in [6.45, 7) is 11.4. The first kappa shape index (κ1) is 33.3. The van der Waals surface area contributed by atoms with E-state index in [0.29, 0.717) is 16.8 Å². The van der Waals surface area contributed by atoms with Gasteiger partial charge in [0.25, 0.3) is 5.91 Å². The number of amides is 1. The highest BCUT2D eigenvalue weighted by atomic mass is 16.7. The fourth-order valence-electron chi connectivity index (χ4n) is 5.65. The lowest BCUT2D eigenvalue weighted by atomic mass is 10.0. The topological polar surface area (TPSA) is 117 Å². The molecular weight excluding hydrogens is 582 g/mol. The number of pyridine rings is 1. The van der Waals surface area contributed by atoms with E-state index in [4.69, 9.17) is 9.47 Å². The van der Waals surface area contributed by atoms with Crippen molar-refractivity contribution in [1.29, 1.82) is 0 Å². The number of benzene rings is 2. The number of rotatable bonds is 11. The second-order valence-electron chi connectivity index (χ2n) is 12.7. The Hall–Kier alpha value is -4.03. The molecule has 0 saturated carbocycles. The van der Waals surface area contributed by atoms with Crippen LogP contribution in [0.2, 0.25) is 0 Å². The predicted octanol–water partition coefficient (Wildman–Crippen LogP) is 4.83. The van der Waals surface area contributed by atoms with E-state index < -0.39 is 6.16 Å². The molecule has 3 heterocycles. The Morgan fingerprint density at radius 1 is 1.13 bits per heavy atom. The highest BCUT2D eigenvalue weighted by Crippen LogP contribution is 2.24. The van der Waals surface area contributed by atoms with Gasteiger partial charge in [-0.05, 0) is 73.7 Å². The summed E-state index contributed by atoms with van der Waals surface area (Å²) in [6.07, 6.45) is 4.59. The zero-order valence-corrected chi connectivity index (χ0v) is 27.4. The van der Waals surface area contributed by atoms with Crippen LogP contribution >= 0.6 is 0 Å². The minimum absolute atomic E-state index is 0.115. The molecule has 0 radical (unpaired) electrons. The first-order valence-corrected chi connectivity index (χ1v) is 16.3. The second-order valence-corrected chi connectivity index (χ2v) is 12.7. The van der Waals surface area contributed by atoms with E-state index in [1.807, 2.05) is 68.6 Å². The SMILES string of the molecule is CC[C@@H](C)OC(=O)OC[N+]1(C)CCN(Cc2ccc(C(=O)Nc3ccc(C)c(NC4NCCC(c5cccnc5)N4)c3)cc2)CC1. The molecule has 2 aliphatic rings. The lowest BCUT2D eigenvalue weighted by Crippen LogP contribution is -2.58. The summed E-state index contributed by atoms with van der Waals surface area (Å²) in [5, 5.41) is 13.7. The van der Waals surface area contributed by atoms with Crippen LogP contribution in [0, 0.1) is 6.92 Å². The molecule has 46 heavy (non-hydrogen) atoms. The Balaban J connectivity index is 1.09. The number of hydrogen-bond donors (Lipinski definition) is 4. The summed E-state index contributed by atoms with van der Waals surface area (Å²) in [4.78, 5) is 31.7. The summed E-state index contributed by atoms with van der Waals surface area (Å²) in [7, 11) is 2.11. The standard InChI is InChI=1S/C35H47N7O4/c1-5-26(3)46-35(44)45-24-42(4)19-17-41(18-20-42)23-27-9-11-28(12-10-27)33(43)38-30-13-8-25(2)32(21-30)40-34-37-16-14-31(39-34)29-7-6-15-36-22-29/h6-13,15,21-22,26,31,34,37,39-40H,5,14,16-20,23-24H2,1-4H3/p+1/t26-,31?,34?/m1/s1. The molecular formula is C35H48N7O4+. The van der Waals surface area contributed by atoms with Crippen LogP contribution < -0.4 is 21.3 Å². The third-order valence-corrected chi connectivity index (χ3v) is 8.93. The maximum atomic E-state index is 13.1. The number of ether oxygens (including phenoxy) is 2. The van der Waals surface area contributed by atoms with Crippen LogP contribution in [0.15, 0.2) is 67.0 Å². The molecule has 2 aromatic carbocycles. The van der Waals surface area contributed by atoms with E-state index in [-0.39, 0.29) is 24.3 Å². The third kappa shape index (κ3) is 9.26. The Bertz CT molecular complexity index is 1450. The van der Waals surface area contributed by atoms with E-state index in [2.05, 4.69) is 51.2 Å². The number of aryl methyl sites for hydroxylation is 1. The Morgan fingerprint density at radius 2 is 1.91 bits per heavy atom. The number of quaternary nitrogens is 1. The third-order valence-electron chi connectivity index (χ3n) is 8.93. The number of hydrogen-bond acceptors (Lipinski definition) is 9.